The van der Waals surface area contributed by atoms with Crippen molar-refractivity contribution >= 4 is 49.7 Å². The Morgan fingerprint density at radius 2 is 1.92 bits per heavy atom. The second-order valence-electron chi connectivity index (χ2n) is 5.88. The molecule has 0 radical (unpaired) electrons. The van der Waals surface area contributed by atoms with Gasteiger partial charge in [-0.1, -0.05) is 15.9 Å². The molecule has 0 spiro atoms. The first kappa shape index (κ1) is 16.5. The average Bonchev–Trinajstić information content (AvgIpc) is 2.92. The number of halogens is 1. The summed E-state index contributed by atoms with van der Waals surface area (Å²) in [5.74, 6) is 0.538. The number of hydrazone groups is 1. The molecule has 0 aliphatic carbocycles. The Bertz CT molecular complexity index is 1150. The second kappa shape index (κ2) is 6.38. The zero-order chi connectivity index (χ0) is 18.3. The van der Waals surface area contributed by atoms with E-state index in [1.807, 2.05) is 36.7 Å². The van der Waals surface area contributed by atoms with Gasteiger partial charge in [0.1, 0.15) is 11.3 Å². The van der Waals surface area contributed by atoms with E-state index in [2.05, 4.69) is 41.6 Å². The van der Waals surface area contributed by atoms with Crippen LogP contribution < -0.4 is 5.43 Å². The summed E-state index contributed by atoms with van der Waals surface area (Å²) < 4.78 is 2.96. The van der Waals surface area contributed by atoms with Crippen molar-refractivity contribution in [3.05, 3.63) is 52.5 Å². The first-order chi connectivity index (χ1) is 12.5. The van der Waals surface area contributed by atoms with Crippen LogP contribution in [0.3, 0.4) is 0 Å². The number of phenolic OH excluding ortho intramolecular Hbond substituents is 1. The van der Waals surface area contributed by atoms with Crippen molar-refractivity contribution in [3.8, 4) is 5.75 Å². The average molecular weight is 411 g/mol. The predicted molar refractivity (Wildman–Crippen MR) is 105 cm³/mol. The molecule has 26 heavy (non-hydrogen) atoms. The minimum absolute atomic E-state index is 0.218. The minimum Gasteiger partial charge on any atom is -0.508 e. The highest BCUT2D eigenvalue weighted by atomic mass is 79.9. The number of benzene rings is 2. The van der Waals surface area contributed by atoms with E-state index >= 15 is 0 Å². The van der Waals surface area contributed by atoms with Crippen molar-refractivity contribution in [2.24, 2.45) is 12.1 Å². The Hall–Kier alpha value is -3.00. The monoisotopic (exact) mass is 410 g/mol. The maximum Gasteiger partial charge on any atom is 0.265 e. The highest BCUT2D eigenvalue weighted by Crippen LogP contribution is 2.28. The number of nitrogens with one attached hydrogen (secondary N) is 1. The highest BCUT2D eigenvalue weighted by Gasteiger charge is 2.12. The van der Waals surface area contributed by atoms with E-state index < -0.39 is 0 Å². The van der Waals surface area contributed by atoms with Crippen molar-refractivity contribution < 1.29 is 5.11 Å². The van der Waals surface area contributed by atoms with Gasteiger partial charge in [0.25, 0.3) is 5.95 Å². The predicted octanol–water partition coefficient (Wildman–Crippen LogP) is 3.82. The molecule has 130 valence electrons. The third kappa shape index (κ3) is 2.88. The summed E-state index contributed by atoms with van der Waals surface area (Å²) in [7, 11) is 1.95. The molecule has 0 aliphatic heterocycles. The molecule has 0 bridgehead atoms. The van der Waals surface area contributed by atoms with Gasteiger partial charge in [0, 0.05) is 16.9 Å². The van der Waals surface area contributed by atoms with Crippen LogP contribution >= 0.6 is 15.9 Å². The van der Waals surface area contributed by atoms with E-state index in [9.17, 15) is 5.11 Å². The van der Waals surface area contributed by atoms with Gasteiger partial charge < -0.3 is 9.67 Å². The quantitative estimate of drug-likeness (QED) is 0.395. The second-order valence-corrected chi connectivity index (χ2v) is 6.80. The van der Waals surface area contributed by atoms with Gasteiger partial charge in [-0.2, -0.15) is 10.1 Å². The molecule has 7 nitrogen and oxygen atoms in total. The zero-order valence-corrected chi connectivity index (χ0v) is 15.7. The van der Waals surface area contributed by atoms with E-state index in [-0.39, 0.29) is 5.75 Å². The van der Waals surface area contributed by atoms with Gasteiger partial charge in [-0.05, 0) is 55.0 Å². The van der Waals surface area contributed by atoms with Crippen molar-refractivity contribution in [2.75, 3.05) is 5.43 Å². The lowest BCUT2D eigenvalue weighted by Crippen LogP contribution is -2.04. The van der Waals surface area contributed by atoms with Gasteiger partial charge in [-0.3, -0.25) is 0 Å². The van der Waals surface area contributed by atoms with Crippen molar-refractivity contribution in [1.29, 1.82) is 0 Å². The molecule has 2 heterocycles. The topological polar surface area (TPSA) is 88.2 Å². The fraction of sp³-hybridized carbons (Fsp3) is 0.111. The number of aromatic nitrogens is 4. The fourth-order valence-electron chi connectivity index (χ4n) is 2.78. The summed E-state index contributed by atoms with van der Waals surface area (Å²) in [5.41, 5.74) is 6.99. The SMILES string of the molecule is C/C(=N\Nc1nnc2c3cc(Br)ccc3n(C)c2n1)c1ccc(O)cc1. The van der Waals surface area contributed by atoms with Crippen LogP contribution in [0.25, 0.3) is 22.1 Å². The van der Waals surface area contributed by atoms with Crippen LogP contribution in [0, 0.1) is 0 Å². The minimum atomic E-state index is 0.218. The van der Waals surface area contributed by atoms with Crippen LogP contribution in [0.4, 0.5) is 5.95 Å². The highest BCUT2D eigenvalue weighted by molar-refractivity contribution is 9.10. The number of rotatable bonds is 3. The molecular formula is C18H15BrN6O. The lowest BCUT2D eigenvalue weighted by atomic mass is 10.1. The summed E-state index contributed by atoms with van der Waals surface area (Å²) in [6, 6.07) is 12.8. The number of aryl methyl sites for hydroxylation is 1. The number of fused-ring (bicyclic) bond motifs is 3. The molecule has 4 rings (SSSR count). The van der Waals surface area contributed by atoms with Crippen LogP contribution in [0.1, 0.15) is 12.5 Å². The molecule has 0 aliphatic rings. The molecule has 0 saturated heterocycles. The number of anilines is 1. The normalized spacial score (nSPS) is 12.0. The van der Waals surface area contributed by atoms with Gasteiger partial charge in [-0.25, -0.2) is 5.43 Å². The van der Waals surface area contributed by atoms with Gasteiger partial charge in [0.2, 0.25) is 0 Å². The third-order valence-corrected chi connectivity index (χ3v) is 4.66. The van der Waals surface area contributed by atoms with Crippen molar-refractivity contribution in [2.45, 2.75) is 6.92 Å². The van der Waals surface area contributed by atoms with Crippen LogP contribution in [0.15, 0.2) is 52.0 Å². The Labute approximate surface area is 157 Å². The Balaban J connectivity index is 1.69. The van der Waals surface area contributed by atoms with E-state index in [4.69, 9.17) is 0 Å². The largest absolute Gasteiger partial charge is 0.508 e. The molecular weight excluding hydrogens is 396 g/mol. The Kier molecular flexibility index (Phi) is 4.04. The molecule has 0 fully saturated rings. The lowest BCUT2D eigenvalue weighted by Gasteiger charge is -2.03. The van der Waals surface area contributed by atoms with Gasteiger partial charge in [0.15, 0.2) is 5.65 Å². The molecule has 0 saturated carbocycles. The number of hydrogen-bond donors (Lipinski definition) is 2. The van der Waals surface area contributed by atoms with E-state index in [0.717, 1.165) is 37.8 Å². The van der Waals surface area contributed by atoms with E-state index in [1.54, 1.807) is 24.3 Å². The molecule has 0 amide bonds. The van der Waals surface area contributed by atoms with Gasteiger partial charge >= 0.3 is 0 Å². The fourth-order valence-corrected chi connectivity index (χ4v) is 3.14. The maximum absolute atomic E-state index is 9.36. The Morgan fingerprint density at radius 1 is 1.15 bits per heavy atom. The number of aromatic hydroxyl groups is 1. The molecule has 2 aromatic carbocycles. The van der Waals surface area contributed by atoms with Crippen molar-refractivity contribution in [1.82, 2.24) is 19.7 Å². The molecule has 4 aromatic rings. The van der Waals surface area contributed by atoms with Gasteiger partial charge in [0.05, 0.1) is 11.2 Å². The summed E-state index contributed by atoms with van der Waals surface area (Å²) in [4.78, 5) is 4.54. The summed E-state index contributed by atoms with van der Waals surface area (Å²) in [5, 5.41) is 23.1. The molecule has 8 heteroatoms. The van der Waals surface area contributed by atoms with Crippen LogP contribution in [-0.2, 0) is 7.05 Å². The smallest absolute Gasteiger partial charge is 0.265 e. The third-order valence-electron chi connectivity index (χ3n) is 4.17. The maximum atomic E-state index is 9.36. The number of hydrogen-bond acceptors (Lipinski definition) is 6. The first-order valence-corrected chi connectivity index (χ1v) is 8.70. The molecule has 2 aromatic heterocycles. The zero-order valence-electron chi connectivity index (χ0n) is 14.1. The number of nitrogens with zero attached hydrogens (tertiary/aromatic N) is 5. The summed E-state index contributed by atoms with van der Waals surface area (Å²) >= 11 is 3.49. The number of phenols is 1. The van der Waals surface area contributed by atoms with Crippen LogP contribution in [-0.4, -0.2) is 30.6 Å². The summed E-state index contributed by atoms with van der Waals surface area (Å²) in [6.07, 6.45) is 0. The summed E-state index contributed by atoms with van der Waals surface area (Å²) in [6.45, 7) is 1.86. The molecule has 2 N–H and O–H groups in total. The molecule has 0 atom stereocenters. The standard InChI is InChI=1S/C18H15BrN6O/c1-10(11-3-6-13(26)7-4-11)21-23-18-20-17-16(22-24-18)14-9-12(19)5-8-15(14)25(17)2/h3-9,26H,1-2H3,(H,20,23,24)/b21-10+. The van der Waals surface area contributed by atoms with Crippen LogP contribution in [0.5, 0.6) is 5.75 Å². The van der Waals surface area contributed by atoms with E-state index in [0.29, 0.717) is 5.95 Å². The first-order valence-electron chi connectivity index (χ1n) is 7.91. The molecule has 0 unspecified atom stereocenters. The van der Waals surface area contributed by atoms with Crippen molar-refractivity contribution in [3.63, 3.8) is 0 Å². The van der Waals surface area contributed by atoms with Gasteiger partial charge in [-0.15, -0.1) is 10.2 Å². The Morgan fingerprint density at radius 3 is 2.69 bits per heavy atom. The van der Waals surface area contributed by atoms with Crippen LogP contribution in [0.2, 0.25) is 0 Å². The lowest BCUT2D eigenvalue weighted by molar-refractivity contribution is 0.475. The van der Waals surface area contributed by atoms with E-state index in [1.165, 1.54) is 0 Å².